The first-order valence-corrected chi connectivity index (χ1v) is 6.86. The smallest absolute Gasteiger partial charge is 0.152 e. The maximum absolute atomic E-state index is 9.10. The molecule has 2 aromatic heterocycles. The number of methoxy groups -OCH3 is 1. The largest absolute Gasteiger partial charge is 0.394 e. The normalized spacial score (nSPS) is 11.6. The van der Waals surface area contributed by atoms with Gasteiger partial charge in [0.15, 0.2) is 5.82 Å². The van der Waals surface area contributed by atoms with Gasteiger partial charge in [-0.2, -0.15) is 10.4 Å². The van der Waals surface area contributed by atoms with Gasteiger partial charge in [-0.05, 0) is 18.9 Å². The lowest BCUT2D eigenvalue weighted by Crippen LogP contribution is -2.16. The predicted octanol–water partition coefficient (Wildman–Crippen LogP) is 1.15. The zero-order valence-corrected chi connectivity index (χ0v) is 12.6. The second-order valence-corrected chi connectivity index (χ2v) is 4.15. The number of nitrogens with zero attached hydrogens (tertiary/aromatic N) is 4. The van der Waals surface area contributed by atoms with Crippen molar-refractivity contribution in [3.63, 3.8) is 0 Å². The fraction of sp³-hybridized carbons (Fsp3) is 0.500. The number of aliphatic hydroxyl groups excluding tert-OH is 1. The van der Waals surface area contributed by atoms with Crippen LogP contribution in [-0.2, 0) is 11.2 Å². The van der Waals surface area contributed by atoms with Gasteiger partial charge < -0.3 is 15.6 Å². The van der Waals surface area contributed by atoms with Gasteiger partial charge in [-0.3, -0.25) is 0 Å². The highest BCUT2D eigenvalue weighted by molar-refractivity contribution is 5.74. The lowest BCUT2D eigenvalue weighted by Gasteiger charge is -2.11. The maximum Gasteiger partial charge on any atom is 0.152 e. The number of rotatable bonds is 5. The molecule has 3 N–H and O–H groups in total. The first-order valence-electron chi connectivity index (χ1n) is 6.86. The molecular weight excluding hydrogens is 270 g/mol. The molecular formula is C14H21N5O2. The molecule has 1 atom stereocenters. The number of aryl methyl sites for hydroxylation is 1. The second-order valence-electron chi connectivity index (χ2n) is 4.15. The van der Waals surface area contributed by atoms with E-state index in [9.17, 15) is 0 Å². The summed E-state index contributed by atoms with van der Waals surface area (Å²) in [6.07, 6.45) is 2.38. The van der Waals surface area contributed by atoms with Crippen LogP contribution in [0.1, 0.15) is 31.5 Å². The summed E-state index contributed by atoms with van der Waals surface area (Å²) in [5.74, 6) is 0.281. The lowest BCUT2D eigenvalue weighted by molar-refractivity contribution is 0.0433. The Hall–Kier alpha value is -2.17. The predicted molar refractivity (Wildman–Crippen MR) is 79.7 cm³/mol. The third-order valence-corrected chi connectivity index (χ3v) is 3.04. The molecule has 0 saturated heterocycles. The van der Waals surface area contributed by atoms with Gasteiger partial charge >= 0.3 is 0 Å². The monoisotopic (exact) mass is 291 g/mol. The summed E-state index contributed by atoms with van der Waals surface area (Å²) < 4.78 is 6.72. The van der Waals surface area contributed by atoms with Crippen LogP contribution >= 0.6 is 0 Å². The summed E-state index contributed by atoms with van der Waals surface area (Å²) in [6, 6.07) is 3.83. The molecule has 7 nitrogen and oxygen atoms in total. The van der Waals surface area contributed by atoms with Crippen molar-refractivity contribution in [2.75, 3.05) is 19.5 Å². The molecule has 0 aliphatic heterocycles. The summed E-state index contributed by atoms with van der Waals surface area (Å²) in [6.45, 7) is 3.96. The van der Waals surface area contributed by atoms with E-state index in [1.807, 2.05) is 13.8 Å². The van der Waals surface area contributed by atoms with Gasteiger partial charge in [-0.25, -0.2) is 9.50 Å². The van der Waals surface area contributed by atoms with Crippen LogP contribution in [0.5, 0.6) is 0 Å². The fourth-order valence-corrected chi connectivity index (χ4v) is 1.99. The first kappa shape index (κ1) is 16.9. The van der Waals surface area contributed by atoms with Gasteiger partial charge in [-0.1, -0.05) is 13.8 Å². The second kappa shape index (κ2) is 8.19. The Balaban J connectivity index is 0.00000106. The van der Waals surface area contributed by atoms with E-state index in [0.717, 1.165) is 5.69 Å². The zero-order chi connectivity index (χ0) is 15.8. The molecule has 0 bridgehead atoms. The van der Waals surface area contributed by atoms with E-state index in [4.69, 9.17) is 20.8 Å². The van der Waals surface area contributed by atoms with Crippen LogP contribution in [0.3, 0.4) is 0 Å². The van der Waals surface area contributed by atoms with Crippen LogP contribution in [0.25, 0.3) is 5.52 Å². The molecule has 0 amide bonds. The molecule has 0 saturated carbocycles. The number of nitriles is 1. The van der Waals surface area contributed by atoms with E-state index in [0.29, 0.717) is 23.9 Å². The van der Waals surface area contributed by atoms with Crippen molar-refractivity contribution in [3.8, 4) is 6.07 Å². The average Bonchev–Trinajstić information content (AvgIpc) is 2.90. The molecule has 114 valence electrons. The van der Waals surface area contributed by atoms with Crippen molar-refractivity contribution in [1.29, 1.82) is 5.26 Å². The number of hydrogen-bond donors (Lipinski definition) is 2. The van der Waals surface area contributed by atoms with E-state index in [1.54, 1.807) is 17.7 Å². The van der Waals surface area contributed by atoms with Crippen LogP contribution in [0.15, 0.2) is 12.4 Å². The number of hydrogen-bond acceptors (Lipinski definition) is 6. The molecule has 0 aliphatic rings. The number of nitrogen functional groups attached to an aromatic ring is 1. The van der Waals surface area contributed by atoms with Crippen LogP contribution in [0.4, 0.5) is 5.82 Å². The molecule has 0 spiro atoms. The zero-order valence-electron chi connectivity index (χ0n) is 12.6. The highest BCUT2D eigenvalue weighted by atomic mass is 16.5. The van der Waals surface area contributed by atoms with Gasteiger partial charge in [0.25, 0.3) is 0 Å². The quantitative estimate of drug-likeness (QED) is 0.855. The van der Waals surface area contributed by atoms with Crippen molar-refractivity contribution in [3.05, 3.63) is 23.7 Å². The average molecular weight is 291 g/mol. The van der Waals surface area contributed by atoms with Gasteiger partial charge in [0.2, 0.25) is 0 Å². The third kappa shape index (κ3) is 3.68. The van der Waals surface area contributed by atoms with E-state index in [2.05, 4.69) is 16.2 Å². The van der Waals surface area contributed by atoms with Gasteiger partial charge in [0.05, 0.1) is 18.3 Å². The molecule has 0 fully saturated rings. The molecule has 7 heteroatoms. The summed E-state index contributed by atoms with van der Waals surface area (Å²) in [4.78, 5) is 3.89. The first-order chi connectivity index (χ1) is 10.2. The Morgan fingerprint density at radius 2 is 2.24 bits per heavy atom. The van der Waals surface area contributed by atoms with E-state index >= 15 is 0 Å². The number of ether oxygens (including phenoxy) is 1. The van der Waals surface area contributed by atoms with Gasteiger partial charge in [-0.15, -0.1) is 0 Å². The highest BCUT2D eigenvalue weighted by Gasteiger charge is 2.14. The Kier molecular flexibility index (Phi) is 6.59. The van der Waals surface area contributed by atoms with Crippen molar-refractivity contribution in [2.24, 2.45) is 0 Å². The number of aliphatic hydroxyl groups is 1. The Bertz CT molecular complexity index is 614. The molecule has 2 rings (SSSR count). The maximum atomic E-state index is 9.10. The minimum absolute atomic E-state index is 0.0396. The minimum atomic E-state index is -0.227. The van der Waals surface area contributed by atoms with Crippen molar-refractivity contribution < 1.29 is 9.84 Å². The minimum Gasteiger partial charge on any atom is -0.394 e. The Morgan fingerprint density at radius 3 is 2.81 bits per heavy atom. The molecule has 2 aromatic rings. The van der Waals surface area contributed by atoms with E-state index < -0.39 is 0 Å². The number of nitrogens with two attached hydrogens (primary N) is 1. The molecule has 0 unspecified atom stereocenters. The topological polar surface area (TPSA) is 109 Å². The van der Waals surface area contributed by atoms with Crippen LogP contribution in [-0.4, -0.2) is 39.5 Å². The third-order valence-electron chi connectivity index (χ3n) is 3.04. The summed E-state index contributed by atoms with van der Waals surface area (Å²) >= 11 is 0. The SMILES string of the molecule is CC.CO[C@H](CO)CCc1cc(C#N)c2c(N)ncnn12. The molecule has 0 aliphatic carbocycles. The van der Waals surface area contributed by atoms with Crippen LogP contribution in [0.2, 0.25) is 0 Å². The van der Waals surface area contributed by atoms with Crippen LogP contribution in [0, 0.1) is 11.3 Å². The highest BCUT2D eigenvalue weighted by Crippen LogP contribution is 2.20. The van der Waals surface area contributed by atoms with Crippen molar-refractivity contribution in [2.45, 2.75) is 32.8 Å². The van der Waals surface area contributed by atoms with Crippen LogP contribution < -0.4 is 5.73 Å². The Labute approximate surface area is 124 Å². The summed E-state index contributed by atoms with van der Waals surface area (Å²) in [5, 5.41) is 22.3. The van der Waals surface area contributed by atoms with Gasteiger partial charge in [0, 0.05) is 12.8 Å². The number of fused-ring (bicyclic) bond motifs is 1. The van der Waals surface area contributed by atoms with Gasteiger partial charge in [0.1, 0.15) is 17.9 Å². The summed E-state index contributed by atoms with van der Waals surface area (Å²) in [7, 11) is 1.55. The van der Waals surface area contributed by atoms with E-state index in [1.165, 1.54) is 6.33 Å². The number of anilines is 1. The molecule has 2 heterocycles. The Morgan fingerprint density at radius 1 is 1.52 bits per heavy atom. The molecule has 21 heavy (non-hydrogen) atoms. The van der Waals surface area contributed by atoms with Crippen molar-refractivity contribution in [1.82, 2.24) is 14.6 Å². The standard InChI is InChI=1S/C12H15N5O2.C2H6/c1-19-10(6-18)3-2-9-4-8(5-13)11-12(14)15-7-16-17(9)11;1-2/h4,7,10,18H,2-3,6H2,1H3,(H2,14,15,16);1-2H3/t10-;/m0./s1. The summed E-state index contributed by atoms with van der Waals surface area (Å²) in [5.41, 5.74) is 7.59. The fourth-order valence-electron chi connectivity index (χ4n) is 1.99. The lowest BCUT2D eigenvalue weighted by atomic mass is 10.1. The molecule has 0 radical (unpaired) electrons. The van der Waals surface area contributed by atoms with Crippen molar-refractivity contribution >= 4 is 11.3 Å². The molecule has 0 aromatic carbocycles. The number of aromatic nitrogens is 3. The van der Waals surface area contributed by atoms with E-state index in [-0.39, 0.29) is 18.5 Å².